The Labute approximate surface area is 233 Å². The standard InChI is InChI=1S/2C14H22O.C4H11N.Ni/c2*1-13(2,3)10-14(4,5)11-6-8-12(15)9-7-11;1-2-3-4-5;/h2*6-9,15H,10H2,1-5H3;2-5H2,1H3;. The molecule has 4 heteroatoms. The van der Waals surface area contributed by atoms with Gasteiger partial charge in [-0.2, -0.15) is 0 Å². The second kappa shape index (κ2) is 15.7. The Kier molecular flexibility index (Phi) is 16.0. The van der Waals surface area contributed by atoms with Crippen LogP contribution >= 0.6 is 0 Å². The van der Waals surface area contributed by atoms with E-state index < -0.39 is 0 Å². The Morgan fingerprint density at radius 1 is 0.583 bits per heavy atom. The molecule has 0 radical (unpaired) electrons. The van der Waals surface area contributed by atoms with Crippen molar-refractivity contribution in [3.63, 3.8) is 0 Å². The van der Waals surface area contributed by atoms with Crippen molar-refractivity contribution in [3.05, 3.63) is 59.7 Å². The molecule has 2 rings (SSSR count). The molecule has 3 nitrogen and oxygen atoms in total. The van der Waals surface area contributed by atoms with Crippen LogP contribution in [-0.2, 0) is 27.3 Å². The van der Waals surface area contributed by atoms with Crippen LogP contribution in [-0.4, -0.2) is 16.8 Å². The predicted octanol–water partition coefficient (Wildman–Crippen LogP) is 8.95. The number of hydrogen-bond acceptors (Lipinski definition) is 3. The van der Waals surface area contributed by atoms with Crippen molar-refractivity contribution in [2.75, 3.05) is 6.54 Å². The van der Waals surface area contributed by atoms with Gasteiger partial charge < -0.3 is 15.9 Å². The Morgan fingerprint density at radius 3 is 1.03 bits per heavy atom. The molecule has 0 bridgehead atoms. The van der Waals surface area contributed by atoms with E-state index in [9.17, 15) is 10.2 Å². The summed E-state index contributed by atoms with van der Waals surface area (Å²) >= 11 is 0. The molecular formula is C32H55NNiO2. The molecule has 2 aromatic carbocycles. The molecule has 0 spiro atoms. The molecule has 0 fully saturated rings. The van der Waals surface area contributed by atoms with Crippen molar-refractivity contribution in [2.45, 2.75) is 113 Å². The maximum Gasteiger partial charge on any atom is 0.115 e. The zero-order valence-electron chi connectivity index (χ0n) is 24.9. The average molecular weight is 544 g/mol. The largest absolute Gasteiger partial charge is 0.508 e. The number of nitrogens with two attached hydrogens (primary N) is 1. The monoisotopic (exact) mass is 543 g/mol. The third kappa shape index (κ3) is 16.3. The number of phenols is 2. The summed E-state index contributed by atoms with van der Waals surface area (Å²) in [7, 11) is 0. The number of phenolic OH excluding ortho intramolecular Hbond substituents is 2. The number of rotatable bonds is 6. The van der Waals surface area contributed by atoms with Gasteiger partial charge in [-0.05, 0) is 82.9 Å². The van der Waals surface area contributed by atoms with Gasteiger partial charge in [0.25, 0.3) is 0 Å². The van der Waals surface area contributed by atoms with Crippen LogP contribution in [0.5, 0.6) is 11.5 Å². The van der Waals surface area contributed by atoms with Crippen LogP contribution in [0.25, 0.3) is 0 Å². The van der Waals surface area contributed by atoms with Gasteiger partial charge in [0.05, 0.1) is 0 Å². The molecule has 0 atom stereocenters. The molecule has 0 unspecified atom stereocenters. The van der Waals surface area contributed by atoms with Gasteiger partial charge in [-0.1, -0.05) is 107 Å². The smallest absolute Gasteiger partial charge is 0.115 e. The van der Waals surface area contributed by atoms with E-state index in [1.807, 2.05) is 24.3 Å². The first-order valence-electron chi connectivity index (χ1n) is 13.1. The van der Waals surface area contributed by atoms with Gasteiger partial charge >= 0.3 is 0 Å². The minimum absolute atomic E-state index is 0. The molecular weight excluding hydrogens is 489 g/mol. The Morgan fingerprint density at radius 2 is 0.861 bits per heavy atom. The van der Waals surface area contributed by atoms with Crippen LogP contribution in [0.1, 0.15) is 113 Å². The second-order valence-corrected chi connectivity index (χ2v) is 13.5. The quantitative estimate of drug-likeness (QED) is 0.318. The van der Waals surface area contributed by atoms with Gasteiger partial charge in [0, 0.05) is 16.5 Å². The summed E-state index contributed by atoms with van der Waals surface area (Å²) in [4.78, 5) is 0. The van der Waals surface area contributed by atoms with E-state index in [2.05, 4.69) is 76.2 Å². The average Bonchev–Trinajstić information content (AvgIpc) is 2.67. The van der Waals surface area contributed by atoms with Crippen LogP contribution in [0.4, 0.5) is 0 Å². The molecule has 0 aliphatic rings. The van der Waals surface area contributed by atoms with E-state index in [0.717, 1.165) is 19.4 Å². The van der Waals surface area contributed by atoms with Gasteiger partial charge in [-0.3, -0.25) is 0 Å². The molecule has 210 valence electrons. The SMILES string of the molecule is CC(C)(C)CC(C)(C)c1ccc(O)cc1.CC(C)(C)CC(C)(C)c1ccc(O)cc1.CCCCN.[Ni]. The normalized spacial score (nSPS) is 11.9. The van der Waals surface area contributed by atoms with E-state index in [-0.39, 0.29) is 27.3 Å². The number of unbranched alkanes of at least 4 members (excludes halogenated alkanes) is 1. The van der Waals surface area contributed by atoms with Gasteiger partial charge in [0.2, 0.25) is 0 Å². The third-order valence-electron chi connectivity index (χ3n) is 5.80. The van der Waals surface area contributed by atoms with Crippen molar-refractivity contribution >= 4 is 0 Å². The first-order chi connectivity index (χ1) is 15.8. The number of hydrogen-bond donors (Lipinski definition) is 3. The van der Waals surface area contributed by atoms with E-state index in [1.54, 1.807) is 24.3 Å². The Bertz CT molecular complexity index is 755. The van der Waals surface area contributed by atoms with E-state index in [1.165, 1.54) is 24.0 Å². The minimum atomic E-state index is 0. The van der Waals surface area contributed by atoms with Crippen LogP contribution in [0.2, 0.25) is 0 Å². The summed E-state index contributed by atoms with van der Waals surface area (Å²) in [6.45, 7) is 25.5. The fraction of sp³-hybridized carbons (Fsp3) is 0.625. The van der Waals surface area contributed by atoms with E-state index in [0.29, 0.717) is 22.3 Å². The second-order valence-electron chi connectivity index (χ2n) is 13.5. The summed E-state index contributed by atoms with van der Waals surface area (Å²) in [6.07, 6.45) is 4.64. The molecule has 0 aliphatic heterocycles. The maximum absolute atomic E-state index is 9.25. The molecule has 2 aromatic rings. The van der Waals surface area contributed by atoms with E-state index >= 15 is 0 Å². The molecule has 0 amide bonds. The summed E-state index contributed by atoms with van der Waals surface area (Å²) in [5.41, 5.74) is 8.67. The van der Waals surface area contributed by atoms with Crippen LogP contribution in [0.3, 0.4) is 0 Å². The van der Waals surface area contributed by atoms with Gasteiger partial charge in [-0.25, -0.2) is 0 Å². The molecule has 36 heavy (non-hydrogen) atoms. The van der Waals surface area contributed by atoms with E-state index in [4.69, 9.17) is 5.73 Å². The molecule has 4 N–H and O–H groups in total. The Hall–Kier alpha value is -1.51. The van der Waals surface area contributed by atoms with Crippen molar-refractivity contribution in [2.24, 2.45) is 16.6 Å². The van der Waals surface area contributed by atoms with Crippen LogP contribution in [0.15, 0.2) is 48.5 Å². The predicted molar refractivity (Wildman–Crippen MR) is 154 cm³/mol. The van der Waals surface area contributed by atoms with Crippen molar-refractivity contribution in [1.29, 1.82) is 0 Å². The fourth-order valence-corrected chi connectivity index (χ4v) is 4.89. The molecule has 0 saturated carbocycles. The first-order valence-corrected chi connectivity index (χ1v) is 13.1. The van der Waals surface area contributed by atoms with Crippen LogP contribution in [0, 0.1) is 10.8 Å². The van der Waals surface area contributed by atoms with Gasteiger partial charge in [0.15, 0.2) is 0 Å². The fourth-order valence-electron chi connectivity index (χ4n) is 4.89. The number of benzene rings is 2. The maximum atomic E-state index is 9.25. The third-order valence-corrected chi connectivity index (χ3v) is 5.80. The molecule has 0 aromatic heterocycles. The first kappa shape index (κ1) is 36.6. The van der Waals surface area contributed by atoms with Crippen LogP contribution < -0.4 is 5.73 Å². The number of aromatic hydroxyl groups is 2. The molecule has 0 heterocycles. The summed E-state index contributed by atoms with van der Waals surface area (Å²) in [5.74, 6) is 0.676. The molecule has 0 aliphatic carbocycles. The van der Waals surface area contributed by atoms with Crippen molar-refractivity contribution < 1.29 is 26.7 Å². The summed E-state index contributed by atoms with van der Waals surface area (Å²) in [6, 6.07) is 15.1. The Balaban J connectivity index is 0. The van der Waals surface area contributed by atoms with Gasteiger partial charge in [0.1, 0.15) is 11.5 Å². The molecule has 0 saturated heterocycles. The summed E-state index contributed by atoms with van der Waals surface area (Å²) in [5, 5.41) is 18.5. The van der Waals surface area contributed by atoms with Gasteiger partial charge in [-0.15, -0.1) is 0 Å². The zero-order chi connectivity index (χ0) is 27.5. The summed E-state index contributed by atoms with van der Waals surface area (Å²) < 4.78 is 0. The van der Waals surface area contributed by atoms with Crippen molar-refractivity contribution in [3.8, 4) is 11.5 Å². The van der Waals surface area contributed by atoms with Crippen molar-refractivity contribution in [1.82, 2.24) is 0 Å². The zero-order valence-corrected chi connectivity index (χ0v) is 25.9. The minimum Gasteiger partial charge on any atom is -0.508 e. The topological polar surface area (TPSA) is 66.5 Å².